The molecule has 1 unspecified atom stereocenters. The monoisotopic (exact) mass is 449 g/mol. The van der Waals surface area contributed by atoms with Gasteiger partial charge >= 0.3 is 12.1 Å². The van der Waals surface area contributed by atoms with Crippen LogP contribution in [-0.2, 0) is 23.9 Å². The van der Waals surface area contributed by atoms with Gasteiger partial charge in [0.05, 0.1) is 26.4 Å². The third kappa shape index (κ3) is 12.4. The van der Waals surface area contributed by atoms with Crippen LogP contribution in [0.25, 0.3) is 0 Å². The maximum Gasteiger partial charge on any atom is 0.410 e. The maximum atomic E-state index is 12.3. The molecule has 0 radical (unpaired) electrons. The van der Waals surface area contributed by atoms with Crippen LogP contribution in [0.4, 0.5) is 4.79 Å². The second-order valence-electron chi connectivity index (χ2n) is 7.08. The third-order valence-corrected chi connectivity index (χ3v) is 4.70. The Morgan fingerprint density at radius 1 is 0.774 bits per heavy atom. The molecule has 13 nitrogen and oxygen atoms in total. The van der Waals surface area contributed by atoms with E-state index in [0.717, 1.165) is 25.7 Å². The van der Waals surface area contributed by atoms with Gasteiger partial charge in [0.1, 0.15) is 6.04 Å². The van der Waals surface area contributed by atoms with Gasteiger partial charge in [-0.15, -0.1) is 20.2 Å². The van der Waals surface area contributed by atoms with Gasteiger partial charge in [0.25, 0.3) is 10.2 Å². The topological polar surface area (TPSA) is 161 Å². The van der Waals surface area contributed by atoms with Crippen molar-refractivity contribution in [3.05, 3.63) is 20.2 Å². The predicted octanol–water partition coefficient (Wildman–Crippen LogP) is 2.67. The van der Waals surface area contributed by atoms with Crippen molar-refractivity contribution in [2.24, 2.45) is 0 Å². The predicted molar refractivity (Wildman–Crippen MR) is 105 cm³/mol. The number of likely N-dealkylation sites (tertiary alicyclic amines) is 1. The quantitative estimate of drug-likeness (QED) is 0.140. The largest absolute Gasteiger partial charge is 0.464 e. The number of amides is 1. The van der Waals surface area contributed by atoms with Gasteiger partial charge in [-0.25, -0.2) is 9.59 Å². The van der Waals surface area contributed by atoms with Crippen molar-refractivity contribution in [3.63, 3.8) is 0 Å². The van der Waals surface area contributed by atoms with Crippen LogP contribution < -0.4 is 0 Å². The van der Waals surface area contributed by atoms with Crippen molar-refractivity contribution in [3.8, 4) is 0 Å². The average Bonchev–Trinajstić information content (AvgIpc) is 3.21. The lowest BCUT2D eigenvalue weighted by Crippen LogP contribution is -2.41. The summed E-state index contributed by atoms with van der Waals surface area (Å²) >= 11 is 0. The summed E-state index contributed by atoms with van der Waals surface area (Å²) < 4.78 is 10.5. The highest BCUT2D eigenvalue weighted by atomic mass is 17.0. The number of hydrogen-bond acceptors (Lipinski definition) is 10. The van der Waals surface area contributed by atoms with E-state index in [4.69, 9.17) is 9.47 Å². The first-order chi connectivity index (χ1) is 14.9. The molecule has 0 aliphatic carbocycles. The lowest BCUT2D eigenvalue weighted by Gasteiger charge is -2.22. The van der Waals surface area contributed by atoms with E-state index in [0.29, 0.717) is 45.1 Å². The molecule has 1 amide bonds. The smallest absolute Gasteiger partial charge is 0.410 e. The van der Waals surface area contributed by atoms with Crippen LogP contribution in [0.3, 0.4) is 0 Å². The summed E-state index contributed by atoms with van der Waals surface area (Å²) in [6, 6.07) is -0.639. The minimum atomic E-state index is -0.822. The number of ether oxygens (including phenoxy) is 2. The number of nitrogens with zero attached hydrogens (tertiary/aromatic N) is 3. The molecule has 1 heterocycles. The van der Waals surface area contributed by atoms with Gasteiger partial charge in [-0.1, -0.05) is 12.8 Å². The summed E-state index contributed by atoms with van der Waals surface area (Å²) in [6.45, 7) is 0.997. The highest BCUT2D eigenvalue weighted by Crippen LogP contribution is 2.20. The molecule has 1 saturated heterocycles. The van der Waals surface area contributed by atoms with Gasteiger partial charge in [-0.05, 0) is 51.4 Å². The van der Waals surface area contributed by atoms with E-state index in [1.807, 2.05) is 0 Å². The van der Waals surface area contributed by atoms with Crippen LogP contribution in [-0.4, -0.2) is 66.1 Å². The lowest BCUT2D eigenvalue weighted by atomic mass is 10.2. The summed E-state index contributed by atoms with van der Waals surface area (Å²) in [6.07, 6.45) is 6.02. The van der Waals surface area contributed by atoms with E-state index < -0.39 is 28.3 Å². The average molecular weight is 449 g/mol. The van der Waals surface area contributed by atoms with Crippen LogP contribution in [0.2, 0.25) is 0 Å². The highest BCUT2D eigenvalue weighted by Gasteiger charge is 2.36. The van der Waals surface area contributed by atoms with Gasteiger partial charge in [0, 0.05) is 6.54 Å². The zero-order valence-corrected chi connectivity index (χ0v) is 17.6. The Morgan fingerprint density at radius 2 is 1.26 bits per heavy atom. The molecule has 1 aliphatic rings. The fraction of sp³-hybridized carbons (Fsp3) is 0.889. The molecule has 0 aromatic carbocycles. The molecule has 31 heavy (non-hydrogen) atoms. The van der Waals surface area contributed by atoms with Crippen LogP contribution in [0.5, 0.6) is 0 Å². The first-order valence-corrected chi connectivity index (χ1v) is 10.6. The molecule has 1 rings (SSSR count). The van der Waals surface area contributed by atoms with Crippen molar-refractivity contribution < 1.29 is 38.9 Å². The maximum absolute atomic E-state index is 12.3. The molecule has 1 aliphatic heterocycles. The first kappa shape index (κ1) is 26.2. The Labute approximate surface area is 180 Å². The van der Waals surface area contributed by atoms with Gasteiger partial charge < -0.3 is 19.1 Å². The molecule has 0 saturated carbocycles. The number of rotatable bonds is 17. The Kier molecular flexibility index (Phi) is 13.4. The van der Waals surface area contributed by atoms with Gasteiger partial charge in [0.15, 0.2) is 0 Å². The summed E-state index contributed by atoms with van der Waals surface area (Å²) in [4.78, 5) is 54.4. The zero-order chi connectivity index (χ0) is 22.9. The van der Waals surface area contributed by atoms with Crippen molar-refractivity contribution in [1.82, 2.24) is 4.90 Å². The van der Waals surface area contributed by atoms with Crippen LogP contribution in [0, 0.1) is 20.2 Å². The van der Waals surface area contributed by atoms with Crippen molar-refractivity contribution >= 4 is 12.1 Å². The Morgan fingerprint density at radius 3 is 1.77 bits per heavy atom. The minimum absolute atomic E-state index is 0.0559. The van der Waals surface area contributed by atoms with Gasteiger partial charge in [-0.2, -0.15) is 0 Å². The SMILES string of the molecule is O=C(OCCCCCCO[N+](=O)[O-])C1CCCN1C(=O)OCCCCCCO[N+](=O)[O-]. The molecule has 13 heteroatoms. The van der Waals surface area contributed by atoms with E-state index in [9.17, 15) is 29.8 Å². The summed E-state index contributed by atoms with van der Waals surface area (Å²) in [5.74, 6) is -0.447. The van der Waals surface area contributed by atoms with Crippen LogP contribution >= 0.6 is 0 Å². The standard InChI is InChI=1S/C18H31N3O10/c22-17(28-12-5-1-3-7-14-30-20(24)25)16-10-9-11-19(16)18(23)29-13-6-2-4-8-15-31-21(26)27/h16H,1-15H2. The zero-order valence-electron chi connectivity index (χ0n) is 17.6. The number of carbonyl (C=O) groups is 2. The molecule has 0 N–H and O–H groups in total. The molecule has 1 fully saturated rings. The van der Waals surface area contributed by atoms with Gasteiger partial charge in [-0.3, -0.25) is 4.90 Å². The molecule has 1 atom stereocenters. The van der Waals surface area contributed by atoms with E-state index >= 15 is 0 Å². The molecule has 178 valence electrons. The minimum Gasteiger partial charge on any atom is -0.464 e. The van der Waals surface area contributed by atoms with Crippen molar-refractivity contribution in [2.75, 3.05) is 33.0 Å². The highest BCUT2D eigenvalue weighted by molar-refractivity contribution is 5.82. The summed E-state index contributed by atoms with van der Waals surface area (Å²) in [5.41, 5.74) is 0. The Hall–Kier alpha value is -2.86. The van der Waals surface area contributed by atoms with Crippen LogP contribution in [0.1, 0.15) is 64.2 Å². The summed E-state index contributed by atoms with van der Waals surface area (Å²) in [7, 11) is 0. The van der Waals surface area contributed by atoms with Crippen molar-refractivity contribution in [1.29, 1.82) is 0 Å². The second kappa shape index (κ2) is 15.9. The second-order valence-corrected chi connectivity index (χ2v) is 7.08. The first-order valence-electron chi connectivity index (χ1n) is 10.6. The van der Waals surface area contributed by atoms with Gasteiger partial charge in [0.2, 0.25) is 0 Å². The molecule has 0 spiro atoms. The number of unbranched alkanes of at least 4 members (excludes halogenated alkanes) is 6. The number of esters is 1. The molecule has 0 aromatic rings. The molecule has 0 aromatic heterocycles. The number of carbonyl (C=O) groups excluding carboxylic acids is 2. The molecular weight excluding hydrogens is 418 g/mol. The lowest BCUT2D eigenvalue weighted by molar-refractivity contribution is -0.757. The Balaban J connectivity index is 2.11. The van der Waals surface area contributed by atoms with E-state index in [1.165, 1.54) is 4.90 Å². The fourth-order valence-corrected chi connectivity index (χ4v) is 3.14. The normalized spacial score (nSPS) is 15.4. The fourth-order valence-electron chi connectivity index (χ4n) is 3.14. The van der Waals surface area contributed by atoms with E-state index in [1.54, 1.807) is 0 Å². The Bertz CT molecular complexity index is 527. The number of hydrogen-bond donors (Lipinski definition) is 0. The van der Waals surface area contributed by atoms with E-state index in [2.05, 4.69) is 9.68 Å². The van der Waals surface area contributed by atoms with E-state index in [-0.39, 0.29) is 26.4 Å². The summed E-state index contributed by atoms with van der Waals surface area (Å²) in [5, 5.41) is 18.4. The molecule has 0 bridgehead atoms. The third-order valence-electron chi connectivity index (χ3n) is 4.70. The van der Waals surface area contributed by atoms with Crippen molar-refractivity contribution in [2.45, 2.75) is 70.3 Å². The van der Waals surface area contributed by atoms with Crippen LogP contribution in [0.15, 0.2) is 0 Å². The molecular formula is C18H31N3O10.